The lowest BCUT2D eigenvalue weighted by Crippen LogP contribution is -2.20. The Labute approximate surface area is 233 Å². The van der Waals surface area contributed by atoms with Crippen LogP contribution >= 0.6 is 0 Å². The molecule has 0 saturated heterocycles. The second-order valence-electron chi connectivity index (χ2n) is 9.13. The number of hydrogen-bond acceptors (Lipinski definition) is 7. The molecule has 1 N–H and O–H groups in total. The average molecular weight is 546 g/mol. The zero-order chi connectivity index (χ0) is 28.3. The highest BCUT2D eigenvalue weighted by atomic mass is 16.5. The summed E-state index contributed by atoms with van der Waals surface area (Å²) in [5.74, 6) is 0.537. The number of aromatic carboxylic acids is 1. The highest BCUT2D eigenvalue weighted by Crippen LogP contribution is 2.31. The largest absolute Gasteiger partial charge is 0.493 e. The van der Waals surface area contributed by atoms with Crippen molar-refractivity contribution in [2.45, 2.75) is 6.61 Å². The maximum atomic E-state index is 13.6. The minimum absolute atomic E-state index is 0.156. The fourth-order valence-electron chi connectivity index (χ4n) is 4.45. The fourth-order valence-corrected chi connectivity index (χ4v) is 4.45. The maximum absolute atomic E-state index is 13.6. The predicted molar refractivity (Wildman–Crippen MR) is 155 cm³/mol. The average Bonchev–Trinajstić information content (AvgIpc) is 3.44. The number of fused-ring (bicyclic) bond motifs is 2. The summed E-state index contributed by atoms with van der Waals surface area (Å²) in [7, 11) is 1.53. The van der Waals surface area contributed by atoms with E-state index in [0.717, 1.165) is 10.9 Å². The molecular weight excluding hydrogens is 522 g/mol. The smallest absolute Gasteiger partial charge is 0.335 e. The number of nitrogens with zero attached hydrogens (tertiary/aromatic N) is 3. The van der Waals surface area contributed by atoms with Crippen molar-refractivity contribution in [3.8, 4) is 23.1 Å². The third-order valence-corrected chi connectivity index (χ3v) is 6.53. The van der Waals surface area contributed by atoms with Gasteiger partial charge in [0.2, 0.25) is 5.82 Å². The van der Waals surface area contributed by atoms with Crippen molar-refractivity contribution < 1.29 is 23.8 Å². The molecule has 6 aromatic rings. The van der Waals surface area contributed by atoms with Gasteiger partial charge in [-0.25, -0.2) is 9.78 Å². The molecule has 0 saturated carbocycles. The summed E-state index contributed by atoms with van der Waals surface area (Å²) in [6, 6.07) is 28.2. The van der Waals surface area contributed by atoms with Gasteiger partial charge in [-0.15, -0.1) is 0 Å². The molecular formula is C32H23N3O6. The predicted octanol–water partition coefficient (Wildman–Crippen LogP) is 5.98. The van der Waals surface area contributed by atoms with Gasteiger partial charge in [0.25, 0.3) is 5.56 Å². The Hall–Kier alpha value is -5.70. The number of benzene rings is 4. The molecule has 0 atom stereocenters. The monoisotopic (exact) mass is 545 g/mol. The van der Waals surface area contributed by atoms with Crippen LogP contribution in [-0.4, -0.2) is 34.1 Å². The molecule has 0 fully saturated rings. The van der Waals surface area contributed by atoms with E-state index in [9.17, 15) is 9.59 Å². The van der Waals surface area contributed by atoms with Crippen LogP contribution in [0.25, 0.3) is 33.5 Å². The summed E-state index contributed by atoms with van der Waals surface area (Å²) in [4.78, 5) is 29.5. The van der Waals surface area contributed by atoms with E-state index in [4.69, 9.17) is 24.0 Å². The molecule has 41 heavy (non-hydrogen) atoms. The standard InChI is InChI=1S/C32H23N3O6/c1-39-27-12-6-8-23(29(27)40-19-20-13-15-21(16-14-20)32(37)38)18-33-35-30(28-17-22-7-2-5-11-26(22)41-28)34-25-10-4-3-9-24(25)31(35)36/h2-18H,19H2,1H3,(H,37,38). The fraction of sp³-hybridized carbons (Fsp3) is 0.0625. The molecule has 0 aliphatic heterocycles. The number of para-hydroxylation sites is 3. The summed E-state index contributed by atoms with van der Waals surface area (Å²) in [6.07, 6.45) is 1.51. The molecule has 0 aliphatic rings. The van der Waals surface area contributed by atoms with E-state index in [1.165, 1.54) is 30.1 Å². The van der Waals surface area contributed by atoms with E-state index in [2.05, 4.69) is 5.10 Å². The molecule has 0 bridgehead atoms. The quantitative estimate of drug-likeness (QED) is 0.234. The first-order valence-corrected chi connectivity index (χ1v) is 12.7. The van der Waals surface area contributed by atoms with Gasteiger partial charge in [-0.3, -0.25) is 4.79 Å². The number of methoxy groups -OCH3 is 1. The van der Waals surface area contributed by atoms with Crippen LogP contribution in [0.15, 0.2) is 111 Å². The van der Waals surface area contributed by atoms with Crippen LogP contribution in [0.2, 0.25) is 0 Å². The van der Waals surface area contributed by atoms with Crippen molar-refractivity contribution in [2.75, 3.05) is 7.11 Å². The van der Waals surface area contributed by atoms with Gasteiger partial charge in [0.1, 0.15) is 12.2 Å². The van der Waals surface area contributed by atoms with Gasteiger partial charge in [0.05, 0.1) is 29.8 Å². The molecule has 4 aromatic carbocycles. The molecule has 0 spiro atoms. The molecule has 0 radical (unpaired) electrons. The summed E-state index contributed by atoms with van der Waals surface area (Å²) in [5, 5.41) is 15.0. The van der Waals surface area contributed by atoms with E-state index in [1.807, 2.05) is 36.4 Å². The van der Waals surface area contributed by atoms with Crippen molar-refractivity contribution in [1.82, 2.24) is 9.66 Å². The molecule has 2 heterocycles. The Morgan fingerprint density at radius 3 is 2.56 bits per heavy atom. The lowest BCUT2D eigenvalue weighted by atomic mass is 10.1. The van der Waals surface area contributed by atoms with Gasteiger partial charge in [-0.1, -0.05) is 48.5 Å². The first-order valence-electron chi connectivity index (χ1n) is 12.7. The number of carboxylic acid groups (broad SMARTS) is 1. The molecule has 9 nitrogen and oxygen atoms in total. The number of aromatic nitrogens is 2. The first-order chi connectivity index (χ1) is 20.0. The molecule has 0 aliphatic carbocycles. The highest BCUT2D eigenvalue weighted by Gasteiger charge is 2.17. The molecule has 9 heteroatoms. The van der Waals surface area contributed by atoms with Crippen LogP contribution in [-0.2, 0) is 6.61 Å². The summed E-state index contributed by atoms with van der Waals surface area (Å²) in [6.45, 7) is 0.156. The van der Waals surface area contributed by atoms with Crippen LogP contribution in [0.3, 0.4) is 0 Å². The second kappa shape index (κ2) is 10.8. The number of furan rings is 1. The van der Waals surface area contributed by atoms with E-state index >= 15 is 0 Å². The summed E-state index contributed by atoms with van der Waals surface area (Å²) in [5.41, 5.74) is 2.35. The summed E-state index contributed by atoms with van der Waals surface area (Å²) < 4.78 is 18.9. The maximum Gasteiger partial charge on any atom is 0.335 e. The zero-order valence-electron chi connectivity index (χ0n) is 21.9. The minimum Gasteiger partial charge on any atom is -0.493 e. The second-order valence-corrected chi connectivity index (χ2v) is 9.13. The Balaban J connectivity index is 1.41. The van der Waals surface area contributed by atoms with E-state index in [-0.39, 0.29) is 23.6 Å². The van der Waals surface area contributed by atoms with Crippen molar-refractivity contribution in [1.29, 1.82) is 0 Å². The molecule has 2 aromatic heterocycles. The molecule has 202 valence electrons. The topological polar surface area (TPSA) is 116 Å². The normalized spacial score (nSPS) is 11.3. The van der Waals surface area contributed by atoms with E-state index in [0.29, 0.717) is 39.3 Å². The van der Waals surface area contributed by atoms with Crippen LogP contribution in [0.4, 0.5) is 0 Å². The van der Waals surface area contributed by atoms with E-state index in [1.54, 1.807) is 48.5 Å². The number of ether oxygens (including phenoxy) is 2. The van der Waals surface area contributed by atoms with Gasteiger partial charge in [-0.05, 0) is 54.1 Å². The number of hydrogen-bond donors (Lipinski definition) is 1. The van der Waals surface area contributed by atoms with Crippen LogP contribution in [0.5, 0.6) is 11.5 Å². The molecule has 0 amide bonds. The first kappa shape index (κ1) is 25.6. The molecule has 6 rings (SSSR count). The van der Waals surface area contributed by atoms with Gasteiger partial charge in [0.15, 0.2) is 17.3 Å². The van der Waals surface area contributed by atoms with Crippen molar-refractivity contribution in [3.63, 3.8) is 0 Å². The third-order valence-electron chi connectivity index (χ3n) is 6.53. The zero-order valence-corrected chi connectivity index (χ0v) is 21.9. The molecule has 0 unspecified atom stereocenters. The van der Waals surface area contributed by atoms with Crippen molar-refractivity contribution >= 4 is 34.1 Å². The SMILES string of the molecule is COc1cccc(C=Nn2c(-c3cc4ccccc4o3)nc3ccccc3c2=O)c1OCc1ccc(C(=O)O)cc1. The van der Waals surface area contributed by atoms with E-state index < -0.39 is 5.97 Å². The van der Waals surface area contributed by atoms with Gasteiger partial charge in [-0.2, -0.15) is 9.78 Å². The Bertz CT molecular complexity index is 1960. The van der Waals surface area contributed by atoms with Gasteiger partial charge in [0, 0.05) is 10.9 Å². The Morgan fingerprint density at radius 1 is 1.00 bits per heavy atom. The Morgan fingerprint density at radius 2 is 1.78 bits per heavy atom. The van der Waals surface area contributed by atoms with Crippen molar-refractivity contribution in [2.24, 2.45) is 5.10 Å². The Kier molecular flexibility index (Phi) is 6.75. The number of carboxylic acids is 1. The third kappa shape index (κ3) is 5.04. The minimum atomic E-state index is -0.999. The number of carbonyl (C=O) groups is 1. The number of rotatable bonds is 8. The highest BCUT2D eigenvalue weighted by molar-refractivity contribution is 5.88. The lowest BCUT2D eigenvalue weighted by Gasteiger charge is -2.13. The lowest BCUT2D eigenvalue weighted by molar-refractivity contribution is 0.0697. The van der Waals surface area contributed by atoms with Gasteiger partial charge < -0.3 is 19.0 Å². The van der Waals surface area contributed by atoms with Crippen LogP contribution in [0.1, 0.15) is 21.5 Å². The summed E-state index contributed by atoms with van der Waals surface area (Å²) >= 11 is 0. The van der Waals surface area contributed by atoms with Gasteiger partial charge >= 0.3 is 5.97 Å². The van der Waals surface area contributed by atoms with Crippen LogP contribution in [0, 0.1) is 0 Å². The van der Waals surface area contributed by atoms with Crippen molar-refractivity contribution in [3.05, 3.63) is 124 Å². The van der Waals surface area contributed by atoms with Crippen LogP contribution < -0.4 is 15.0 Å².